The molecule has 0 spiro atoms. The molecule has 1 amide bonds. The third kappa shape index (κ3) is 8.65. The van der Waals surface area contributed by atoms with Gasteiger partial charge in [0.1, 0.15) is 0 Å². The maximum Gasteiger partial charge on any atom is 0.278 e. The smallest absolute Gasteiger partial charge is 0.278 e. The number of benzene rings is 3. The van der Waals surface area contributed by atoms with Crippen molar-refractivity contribution in [2.75, 3.05) is 28.0 Å². The minimum atomic E-state index is -3.74. The molecule has 0 unspecified atom stereocenters. The summed E-state index contributed by atoms with van der Waals surface area (Å²) in [4.78, 5) is 33.6. The molecular formula is C31H37ClN4O4S. The molecule has 0 fully saturated rings. The van der Waals surface area contributed by atoms with E-state index in [0.717, 1.165) is 24.3 Å². The Hall–Kier alpha value is -3.69. The van der Waals surface area contributed by atoms with E-state index in [0.29, 0.717) is 11.3 Å². The molecule has 0 radical (unpaired) electrons. The number of anilines is 3. The summed E-state index contributed by atoms with van der Waals surface area (Å²) in [5.74, 6) is -1.41. The molecule has 3 aromatic rings. The number of ketones is 1. The zero-order valence-electron chi connectivity index (χ0n) is 24.3. The second-order valence-electron chi connectivity index (χ2n) is 10.7. The molecule has 8 nitrogen and oxygen atoms in total. The number of carbonyl (C=O) groups is 2. The summed E-state index contributed by atoms with van der Waals surface area (Å²) in [5, 5.41) is 2.83. The number of hydrogen-bond acceptors (Lipinski definition) is 6. The Balaban J connectivity index is 1.92. The van der Waals surface area contributed by atoms with Crippen LogP contribution in [0.2, 0.25) is 5.02 Å². The SMILES string of the molecule is CCN(CC)c1ccc(N=C(C(=O)Nc2cc(NS(=O)(=O)Cc3ccccc3)ccc2Cl)C(=O)C(C)(C)C)c(C)c1. The monoisotopic (exact) mass is 596 g/mol. The van der Waals surface area contributed by atoms with E-state index in [1.807, 2.05) is 25.1 Å². The summed E-state index contributed by atoms with van der Waals surface area (Å²) in [7, 11) is -3.74. The molecule has 0 bridgehead atoms. The van der Waals surface area contributed by atoms with Crippen LogP contribution in [-0.2, 0) is 25.4 Å². The summed E-state index contributed by atoms with van der Waals surface area (Å²) < 4.78 is 28.0. The lowest BCUT2D eigenvalue weighted by molar-refractivity contribution is -0.121. The fourth-order valence-corrected chi connectivity index (χ4v) is 5.46. The first-order chi connectivity index (χ1) is 19.2. The second kappa shape index (κ2) is 13.3. The Morgan fingerprint density at radius 1 is 0.951 bits per heavy atom. The predicted molar refractivity (Wildman–Crippen MR) is 169 cm³/mol. The van der Waals surface area contributed by atoms with E-state index in [1.54, 1.807) is 51.1 Å². The van der Waals surface area contributed by atoms with Crippen molar-refractivity contribution in [1.82, 2.24) is 0 Å². The summed E-state index contributed by atoms with van der Waals surface area (Å²) in [6.07, 6.45) is 0. The number of amides is 1. The molecule has 0 atom stereocenters. The first-order valence-electron chi connectivity index (χ1n) is 13.4. The van der Waals surface area contributed by atoms with Gasteiger partial charge < -0.3 is 10.2 Å². The molecule has 218 valence electrons. The molecule has 41 heavy (non-hydrogen) atoms. The minimum Gasteiger partial charge on any atom is -0.372 e. The van der Waals surface area contributed by atoms with Gasteiger partial charge in [0.25, 0.3) is 5.91 Å². The van der Waals surface area contributed by atoms with Crippen molar-refractivity contribution in [3.8, 4) is 0 Å². The molecule has 3 rings (SSSR count). The third-order valence-electron chi connectivity index (χ3n) is 6.34. The van der Waals surface area contributed by atoms with E-state index in [1.165, 1.54) is 18.2 Å². The Morgan fingerprint density at radius 3 is 2.20 bits per heavy atom. The van der Waals surface area contributed by atoms with Gasteiger partial charge >= 0.3 is 0 Å². The molecule has 0 saturated carbocycles. The number of aryl methyl sites for hydroxylation is 1. The van der Waals surface area contributed by atoms with Gasteiger partial charge in [-0.05, 0) is 68.3 Å². The second-order valence-corrected chi connectivity index (χ2v) is 12.8. The minimum absolute atomic E-state index is 0.139. The number of halogens is 1. The summed E-state index contributed by atoms with van der Waals surface area (Å²) in [5.41, 5.74) is 2.16. The maximum atomic E-state index is 13.5. The topological polar surface area (TPSA) is 108 Å². The van der Waals surface area contributed by atoms with Crippen LogP contribution in [0.25, 0.3) is 0 Å². The highest BCUT2D eigenvalue weighted by Crippen LogP contribution is 2.29. The maximum absolute atomic E-state index is 13.5. The Kier molecular flexibility index (Phi) is 10.3. The lowest BCUT2D eigenvalue weighted by Crippen LogP contribution is -2.37. The highest BCUT2D eigenvalue weighted by Gasteiger charge is 2.31. The quantitative estimate of drug-likeness (QED) is 0.188. The van der Waals surface area contributed by atoms with Gasteiger partial charge in [-0.15, -0.1) is 0 Å². The van der Waals surface area contributed by atoms with Crippen LogP contribution in [0.3, 0.4) is 0 Å². The standard InChI is InChI=1S/C31H37ClN4O4S/c1-7-36(8-2)24-15-17-26(21(3)18-24)33-28(29(37)31(4,5)6)30(38)34-27-19-23(14-16-25(27)32)35-41(39,40)20-22-12-10-9-11-13-22/h9-19,35H,7-8,20H2,1-6H3,(H,34,38). The van der Waals surface area contributed by atoms with Crippen LogP contribution >= 0.6 is 11.6 Å². The Bertz CT molecular complexity index is 1540. The fraction of sp³-hybridized carbons (Fsp3) is 0.323. The predicted octanol–water partition coefficient (Wildman–Crippen LogP) is 6.76. The first kappa shape index (κ1) is 31.8. The zero-order chi connectivity index (χ0) is 30.4. The zero-order valence-corrected chi connectivity index (χ0v) is 25.9. The van der Waals surface area contributed by atoms with Crippen molar-refractivity contribution in [1.29, 1.82) is 0 Å². The normalized spacial score (nSPS) is 12.1. The van der Waals surface area contributed by atoms with Gasteiger partial charge in [-0.2, -0.15) is 0 Å². The average molecular weight is 597 g/mol. The van der Waals surface area contributed by atoms with E-state index in [2.05, 4.69) is 33.8 Å². The number of hydrogen-bond donors (Lipinski definition) is 2. The van der Waals surface area contributed by atoms with Gasteiger partial charge in [-0.25, -0.2) is 13.4 Å². The number of aliphatic imine (C=N–C) groups is 1. The molecule has 0 saturated heterocycles. The summed E-state index contributed by atoms with van der Waals surface area (Å²) in [6.45, 7) is 12.9. The molecule has 0 aliphatic carbocycles. The first-order valence-corrected chi connectivity index (χ1v) is 15.4. The molecule has 0 aliphatic rings. The van der Waals surface area contributed by atoms with Crippen LogP contribution in [0, 0.1) is 12.3 Å². The number of sulfonamides is 1. The van der Waals surface area contributed by atoms with Crippen molar-refractivity contribution in [3.05, 3.63) is 82.9 Å². The molecule has 0 aliphatic heterocycles. The number of nitrogens with one attached hydrogen (secondary N) is 2. The lowest BCUT2D eigenvalue weighted by atomic mass is 9.87. The lowest BCUT2D eigenvalue weighted by Gasteiger charge is -2.22. The van der Waals surface area contributed by atoms with Crippen molar-refractivity contribution in [2.24, 2.45) is 10.4 Å². The third-order valence-corrected chi connectivity index (χ3v) is 7.93. The largest absolute Gasteiger partial charge is 0.372 e. The van der Waals surface area contributed by atoms with Crippen LogP contribution in [0.15, 0.2) is 71.7 Å². The van der Waals surface area contributed by atoms with Gasteiger partial charge in [0.05, 0.1) is 27.8 Å². The van der Waals surface area contributed by atoms with Gasteiger partial charge in [-0.1, -0.05) is 62.7 Å². The average Bonchev–Trinajstić information content (AvgIpc) is 2.90. The van der Waals surface area contributed by atoms with Crippen LogP contribution in [0.5, 0.6) is 0 Å². The van der Waals surface area contributed by atoms with Gasteiger partial charge in [0.15, 0.2) is 11.5 Å². The van der Waals surface area contributed by atoms with Crippen molar-refractivity contribution < 1.29 is 18.0 Å². The van der Waals surface area contributed by atoms with Crippen molar-refractivity contribution in [3.63, 3.8) is 0 Å². The van der Waals surface area contributed by atoms with Crippen molar-refractivity contribution in [2.45, 2.75) is 47.3 Å². The van der Waals surface area contributed by atoms with E-state index in [-0.39, 0.29) is 27.9 Å². The van der Waals surface area contributed by atoms with Crippen LogP contribution in [0.1, 0.15) is 45.7 Å². The van der Waals surface area contributed by atoms with Crippen LogP contribution in [0.4, 0.5) is 22.7 Å². The molecule has 2 N–H and O–H groups in total. The van der Waals surface area contributed by atoms with Crippen molar-refractivity contribution >= 4 is 61.8 Å². The van der Waals surface area contributed by atoms with Gasteiger partial charge in [-0.3, -0.25) is 14.3 Å². The molecular weight excluding hydrogens is 560 g/mol. The van der Waals surface area contributed by atoms with E-state index in [4.69, 9.17) is 11.6 Å². The number of nitrogens with zero attached hydrogens (tertiary/aromatic N) is 2. The fourth-order valence-electron chi connectivity index (χ4n) is 4.11. The number of rotatable bonds is 11. The van der Waals surface area contributed by atoms with Gasteiger partial charge in [0.2, 0.25) is 10.0 Å². The van der Waals surface area contributed by atoms with E-state index >= 15 is 0 Å². The number of carbonyl (C=O) groups excluding carboxylic acids is 2. The number of Topliss-reactive ketones (excluding diaryl/α,β-unsaturated/α-hetero) is 1. The summed E-state index contributed by atoms with van der Waals surface area (Å²) >= 11 is 6.35. The molecule has 0 aromatic heterocycles. The van der Waals surface area contributed by atoms with Gasteiger partial charge in [0, 0.05) is 24.2 Å². The van der Waals surface area contributed by atoms with Crippen LogP contribution < -0.4 is 14.9 Å². The van der Waals surface area contributed by atoms with E-state index in [9.17, 15) is 18.0 Å². The molecule has 10 heteroatoms. The Labute approximate surface area is 247 Å². The molecule has 0 heterocycles. The van der Waals surface area contributed by atoms with Crippen LogP contribution in [-0.4, -0.2) is 38.9 Å². The van der Waals surface area contributed by atoms with E-state index < -0.39 is 27.1 Å². The highest BCUT2D eigenvalue weighted by atomic mass is 35.5. The summed E-state index contributed by atoms with van der Waals surface area (Å²) in [6, 6.07) is 18.8. The highest BCUT2D eigenvalue weighted by molar-refractivity contribution is 7.91. The molecule has 3 aromatic carbocycles. The Morgan fingerprint density at radius 2 is 1.61 bits per heavy atom.